The number of methoxy groups -OCH3 is 1. The summed E-state index contributed by atoms with van der Waals surface area (Å²) >= 11 is 0. The van der Waals surface area contributed by atoms with Crippen LogP contribution < -0.4 is 25.6 Å². The first kappa shape index (κ1) is 27.8. The third-order valence-corrected chi connectivity index (χ3v) is 6.68. The smallest absolute Gasteiger partial charge is 0.222 e. The topological polar surface area (TPSA) is 129 Å². The van der Waals surface area contributed by atoms with Crippen LogP contribution in [-0.2, 0) is 13.1 Å². The van der Waals surface area contributed by atoms with Crippen LogP contribution in [0.25, 0.3) is 22.3 Å². The molecule has 0 aliphatic rings. The zero-order valence-electron chi connectivity index (χ0n) is 24.0. The third kappa shape index (κ3) is 5.90. The van der Waals surface area contributed by atoms with Gasteiger partial charge in [0.25, 0.3) is 0 Å². The van der Waals surface area contributed by atoms with Crippen LogP contribution in [0.3, 0.4) is 0 Å². The van der Waals surface area contributed by atoms with Gasteiger partial charge in [-0.25, -0.2) is 25.8 Å². The fourth-order valence-electron chi connectivity index (χ4n) is 4.76. The monoisotopic (exact) mass is 553 g/mol. The highest BCUT2D eigenvalue weighted by molar-refractivity contribution is 5.93. The van der Waals surface area contributed by atoms with Gasteiger partial charge in [-0.3, -0.25) is 4.68 Å². The van der Waals surface area contributed by atoms with Crippen LogP contribution in [0.2, 0.25) is 0 Å². The van der Waals surface area contributed by atoms with Crippen LogP contribution in [-0.4, -0.2) is 43.4 Å². The van der Waals surface area contributed by atoms with Crippen molar-refractivity contribution in [1.29, 1.82) is 0 Å². The minimum Gasteiger partial charge on any atom is -0.497 e. The summed E-state index contributed by atoms with van der Waals surface area (Å²) in [7, 11) is 1.66. The highest BCUT2D eigenvalue weighted by Gasteiger charge is 2.23. The van der Waals surface area contributed by atoms with Crippen LogP contribution in [0, 0.1) is 6.92 Å². The Morgan fingerprint density at radius 2 is 1.83 bits per heavy atom. The molecule has 3 N–H and O–H groups in total. The fraction of sp³-hybridized carbons (Fsp3) is 0.300. The molecule has 4 heterocycles. The van der Waals surface area contributed by atoms with Gasteiger partial charge < -0.3 is 19.8 Å². The van der Waals surface area contributed by atoms with Gasteiger partial charge in [-0.05, 0) is 63.6 Å². The van der Waals surface area contributed by atoms with Crippen molar-refractivity contribution in [3.63, 3.8) is 0 Å². The Morgan fingerprint density at radius 1 is 1.02 bits per heavy atom. The maximum Gasteiger partial charge on any atom is 0.222 e. The predicted molar refractivity (Wildman–Crippen MR) is 160 cm³/mol. The maximum atomic E-state index is 5.88. The second kappa shape index (κ2) is 12.2. The van der Waals surface area contributed by atoms with Crippen LogP contribution in [0.1, 0.15) is 43.9 Å². The lowest BCUT2D eigenvalue weighted by Gasteiger charge is -2.27. The molecule has 0 saturated carbocycles. The predicted octanol–water partition coefficient (Wildman–Crippen LogP) is 5.07. The van der Waals surface area contributed by atoms with Gasteiger partial charge in [-0.2, -0.15) is 5.10 Å². The Morgan fingerprint density at radius 3 is 2.54 bits per heavy atom. The van der Waals surface area contributed by atoms with E-state index in [9.17, 15) is 0 Å². The molecule has 0 bridgehead atoms. The molecule has 5 aromatic rings. The molecule has 5 rings (SSSR count). The van der Waals surface area contributed by atoms with Gasteiger partial charge in [0.15, 0.2) is 0 Å². The van der Waals surface area contributed by atoms with Crippen molar-refractivity contribution in [2.24, 2.45) is 5.84 Å². The number of pyridine rings is 2. The zero-order valence-corrected chi connectivity index (χ0v) is 24.0. The highest BCUT2D eigenvalue weighted by atomic mass is 16.5. The lowest BCUT2D eigenvalue weighted by atomic mass is 10.1. The number of aromatic nitrogens is 6. The van der Waals surface area contributed by atoms with E-state index in [1.807, 2.05) is 42.8 Å². The second-order valence-corrected chi connectivity index (χ2v) is 9.84. The molecule has 11 nitrogen and oxygen atoms in total. The lowest BCUT2D eigenvalue weighted by Crippen LogP contribution is -2.25. The molecule has 0 unspecified atom stereocenters. The number of hydrogen-bond donors (Lipinski definition) is 2. The largest absolute Gasteiger partial charge is 0.497 e. The number of nitrogen functional groups attached to an aromatic ring is 1. The lowest BCUT2D eigenvalue weighted by molar-refractivity contribution is 0.328. The number of hydrazine groups is 1. The van der Waals surface area contributed by atoms with E-state index in [-0.39, 0.29) is 6.04 Å². The molecule has 212 valence electrons. The number of ether oxygens (including phenoxy) is 2. The highest BCUT2D eigenvalue weighted by Crippen LogP contribution is 2.37. The van der Waals surface area contributed by atoms with Gasteiger partial charge in [-0.15, -0.1) is 0 Å². The molecule has 0 saturated heterocycles. The molecule has 4 aromatic heterocycles. The second-order valence-electron chi connectivity index (χ2n) is 9.84. The fourth-order valence-corrected chi connectivity index (χ4v) is 4.76. The summed E-state index contributed by atoms with van der Waals surface area (Å²) in [5.41, 5.74) is 8.80. The summed E-state index contributed by atoms with van der Waals surface area (Å²) in [5.74, 6) is 8.15. The minimum atomic E-state index is 0.110. The average molecular weight is 554 g/mol. The summed E-state index contributed by atoms with van der Waals surface area (Å²) in [5, 5.41) is 4.90. The Hall–Kier alpha value is -4.77. The Bertz CT molecular complexity index is 1630. The number of anilines is 2. The molecule has 0 aliphatic heterocycles. The molecule has 0 fully saturated rings. The average Bonchev–Trinajstić information content (AvgIpc) is 3.34. The molecule has 1 aromatic carbocycles. The van der Waals surface area contributed by atoms with Crippen molar-refractivity contribution in [2.75, 3.05) is 24.0 Å². The van der Waals surface area contributed by atoms with Crippen molar-refractivity contribution in [2.45, 2.75) is 46.8 Å². The van der Waals surface area contributed by atoms with E-state index in [1.165, 1.54) is 0 Å². The Labute approximate surface area is 239 Å². The van der Waals surface area contributed by atoms with E-state index in [2.05, 4.69) is 57.3 Å². The number of benzene rings is 1. The Balaban J connectivity index is 1.73. The van der Waals surface area contributed by atoms with E-state index in [0.29, 0.717) is 37.2 Å². The van der Waals surface area contributed by atoms with E-state index in [4.69, 9.17) is 25.4 Å². The number of nitrogens with zero attached hydrogens (tertiary/aromatic N) is 7. The summed E-state index contributed by atoms with van der Waals surface area (Å²) in [4.78, 5) is 21.0. The van der Waals surface area contributed by atoms with Crippen LogP contribution in [0.15, 0.2) is 60.9 Å². The maximum absolute atomic E-state index is 5.88. The number of nitrogens with two attached hydrogens (primary N) is 1. The van der Waals surface area contributed by atoms with Crippen molar-refractivity contribution < 1.29 is 9.47 Å². The third-order valence-electron chi connectivity index (χ3n) is 6.68. The number of hydrogen-bond acceptors (Lipinski definition) is 10. The van der Waals surface area contributed by atoms with E-state index in [0.717, 1.165) is 45.0 Å². The van der Waals surface area contributed by atoms with E-state index < -0.39 is 0 Å². The van der Waals surface area contributed by atoms with Gasteiger partial charge in [-0.1, -0.05) is 12.1 Å². The van der Waals surface area contributed by atoms with Gasteiger partial charge in [0.05, 0.1) is 42.9 Å². The molecule has 0 amide bonds. The molecule has 0 atom stereocenters. The summed E-state index contributed by atoms with van der Waals surface area (Å²) in [6, 6.07) is 15.8. The molecule has 11 heteroatoms. The first-order chi connectivity index (χ1) is 19.9. The van der Waals surface area contributed by atoms with Crippen molar-refractivity contribution in [1.82, 2.24) is 29.7 Å². The number of nitrogens with one attached hydrogen (secondary N) is 1. The van der Waals surface area contributed by atoms with E-state index in [1.54, 1.807) is 25.6 Å². The first-order valence-electron chi connectivity index (χ1n) is 13.6. The molecular weight excluding hydrogens is 518 g/mol. The van der Waals surface area contributed by atoms with Crippen LogP contribution in [0.4, 0.5) is 11.5 Å². The molecule has 0 spiro atoms. The number of aryl methyl sites for hydroxylation is 1. The van der Waals surface area contributed by atoms with Gasteiger partial charge in [0.1, 0.15) is 28.4 Å². The standard InChI is InChI=1S/C30H35N9O2/c1-6-41-30-23(8-7-14-33-30)24-16-25(29-28(34-24)20(4)37-39(29)19(2)3)38(17-21-9-11-22(40-5)12-10-21)18-27-32-15-13-26(35-27)36-31/h7-16,19H,6,17-18,31H2,1-5H3,(H,32,35,36). The zero-order chi connectivity index (χ0) is 28.9. The van der Waals surface area contributed by atoms with Crippen molar-refractivity contribution in [3.8, 4) is 22.9 Å². The summed E-state index contributed by atoms with van der Waals surface area (Å²) in [6.07, 6.45) is 3.42. The normalized spacial score (nSPS) is 11.2. The summed E-state index contributed by atoms with van der Waals surface area (Å²) < 4.78 is 13.3. The molecule has 0 radical (unpaired) electrons. The van der Waals surface area contributed by atoms with Gasteiger partial charge in [0.2, 0.25) is 5.88 Å². The molecule has 0 aliphatic carbocycles. The number of fused-ring (bicyclic) bond motifs is 1. The summed E-state index contributed by atoms with van der Waals surface area (Å²) in [6.45, 7) is 9.64. The van der Waals surface area contributed by atoms with E-state index >= 15 is 0 Å². The minimum absolute atomic E-state index is 0.110. The van der Waals surface area contributed by atoms with Crippen molar-refractivity contribution in [3.05, 3.63) is 78.0 Å². The SMILES string of the molecule is CCOc1ncccc1-c1cc(N(Cc2ccc(OC)cc2)Cc2nccc(NN)n2)c2c(n1)c(C)nn2C(C)C. The van der Waals surface area contributed by atoms with Crippen LogP contribution in [0.5, 0.6) is 11.6 Å². The van der Waals surface area contributed by atoms with Gasteiger partial charge >= 0.3 is 0 Å². The Kier molecular flexibility index (Phi) is 8.25. The molecular formula is C30H35N9O2. The number of rotatable bonds is 11. The molecule has 41 heavy (non-hydrogen) atoms. The first-order valence-corrected chi connectivity index (χ1v) is 13.6. The van der Waals surface area contributed by atoms with Gasteiger partial charge in [0, 0.05) is 31.0 Å². The van der Waals surface area contributed by atoms with Crippen LogP contribution >= 0.6 is 0 Å². The van der Waals surface area contributed by atoms with Crippen molar-refractivity contribution >= 4 is 22.5 Å². The quantitative estimate of drug-likeness (QED) is 0.169.